The van der Waals surface area contributed by atoms with Crippen molar-refractivity contribution in [1.29, 1.82) is 0 Å². The van der Waals surface area contributed by atoms with Crippen molar-refractivity contribution < 1.29 is 14.3 Å². The van der Waals surface area contributed by atoms with Crippen LogP contribution in [0.3, 0.4) is 0 Å². The number of methoxy groups -OCH3 is 2. The standard InChI is InChI=1S/C13H15N5O3/c1-20-9-3-8(4-10(5-9)21-2)16-13(19)11-6-15-7-12(17-11)18-14/h3-7H,14H2,1-2H3,(H,16,19)(H,17,18). The number of rotatable bonds is 5. The van der Waals surface area contributed by atoms with Gasteiger partial charge in [0.1, 0.15) is 17.2 Å². The summed E-state index contributed by atoms with van der Waals surface area (Å²) in [6.07, 6.45) is 2.75. The number of amides is 1. The molecule has 110 valence electrons. The van der Waals surface area contributed by atoms with Gasteiger partial charge in [-0.25, -0.2) is 10.8 Å². The highest BCUT2D eigenvalue weighted by Crippen LogP contribution is 2.26. The van der Waals surface area contributed by atoms with Crippen molar-refractivity contribution in [1.82, 2.24) is 9.97 Å². The number of anilines is 2. The van der Waals surface area contributed by atoms with Crippen LogP contribution in [0, 0.1) is 0 Å². The second-order valence-corrected chi connectivity index (χ2v) is 3.99. The number of benzene rings is 1. The quantitative estimate of drug-likeness (QED) is 0.556. The topological polar surface area (TPSA) is 111 Å². The third-order valence-electron chi connectivity index (χ3n) is 2.62. The van der Waals surface area contributed by atoms with Gasteiger partial charge in [0, 0.05) is 23.9 Å². The SMILES string of the molecule is COc1cc(NC(=O)c2cncc(NN)n2)cc(OC)c1. The maximum absolute atomic E-state index is 12.1. The number of ether oxygens (including phenoxy) is 2. The summed E-state index contributed by atoms with van der Waals surface area (Å²) in [4.78, 5) is 20.0. The van der Waals surface area contributed by atoms with Gasteiger partial charge in [0.15, 0.2) is 5.82 Å². The third-order valence-corrected chi connectivity index (χ3v) is 2.62. The van der Waals surface area contributed by atoms with E-state index in [1.54, 1.807) is 18.2 Å². The van der Waals surface area contributed by atoms with E-state index in [0.29, 0.717) is 23.0 Å². The van der Waals surface area contributed by atoms with Gasteiger partial charge >= 0.3 is 0 Å². The maximum atomic E-state index is 12.1. The number of nitrogens with one attached hydrogen (secondary N) is 2. The molecule has 0 atom stereocenters. The molecule has 8 nitrogen and oxygen atoms in total. The van der Waals surface area contributed by atoms with Crippen LogP contribution in [0.4, 0.5) is 11.5 Å². The van der Waals surface area contributed by atoms with Gasteiger partial charge in [-0.15, -0.1) is 0 Å². The highest BCUT2D eigenvalue weighted by molar-refractivity contribution is 6.03. The summed E-state index contributed by atoms with van der Waals surface area (Å²) in [5.74, 6) is 6.23. The van der Waals surface area contributed by atoms with Gasteiger partial charge in [0.05, 0.1) is 26.6 Å². The van der Waals surface area contributed by atoms with E-state index in [0.717, 1.165) is 0 Å². The Balaban J connectivity index is 2.22. The minimum Gasteiger partial charge on any atom is -0.497 e. The number of carbonyl (C=O) groups is 1. The van der Waals surface area contributed by atoms with Crippen molar-refractivity contribution in [2.45, 2.75) is 0 Å². The van der Waals surface area contributed by atoms with Gasteiger partial charge in [-0.1, -0.05) is 0 Å². The van der Waals surface area contributed by atoms with Crippen LogP contribution in [-0.2, 0) is 0 Å². The van der Waals surface area contributed by atoms with Gasteiger partial charge < -0.3 is 20.2 Å². The van der Waals surface area contributed by atoms with E-state index in [2.05, 4.69) is 20.7 Å². The zero-order chi connectivity index (χ0) is 15.2. The predicted molar refractivity (Wildman–Crippen MR) is 77.3 cm³/mol. The van der Waals surface area contributed by atoms with Gasteiger partial charge in [0.2, 0.25) is 0 Å². The van der Waals surface area contributed by atoms with E-state index in [4.69, 9.17) is 15.3 Å². The zero-order valence-corrected chi connectivity index (χ0v) is 11.6. The van der Waals surface area contributed by atoms with Crippen molar-refractivity contribution >= 4 is 17.4 Å². The molecule has 0 aliphatic carbocycles. The Morgan fingerprint density at radius 3 is 2.38 bits per heavy atom. The van der Waals surface area contributed by atoms with Crippen molar-refractivity contribution in [3.8, 4) is 11.5 Å². The molecule has 1 heterocycles. The number of carbonyl (C=O) groups excluding carboxylic acids is 1. The molecule has 2 rings (SSSR count). The van der Waals surface area contributed by atoms with E-state index in [1.165, 1.54) is 26.6 Å². The number of hydrogen-bond donors (Lipinski definition) is 3. The predicted octanol–water partition coefficient (Wildman–Crippen LogP) is 1.03. The highest BCUT2D eigenvalue weighted by atomic mass is 16.5. The first-order valence-corrected chi connectivity index (χ1v) is 5.99. The molecule has 2 aromatic rings. The molecule has 8 heteroatoms. The van der Waals surface area contributed by atoms with Crippen LogP contribution in [0.5, 0.6) is 11.5 Å². The number of nitrogen functional groups attached to an aromatic ring is 1. The lowest BCUT2D eigenvalue weighted by Crippen LogP contribution is -2.16. The molecule has 0 bridgehead atoms. The number of nitrogens with two attached hydrogens (primary N) is 1. The molecule has 0 spiro atoms. The van der Waals surface area contributed by atoms with Crippen molar-refractivity contribution in [3.05, 3.63) is 36.3 Å². The summed E-state index contributed by atoms with van der Waals surface area (Å²) in [6.45, 7) is 0. The number of aromatic nitrogens is 2. The fraction of sp³-hybridized carbons (Fsp3) is 0.154. The summed E-state index contributed by atoms with van der Waals surface area (Å²) in [5, 5.41) is 2.69. The molecule has 0 saturated heterocycles. The third kappa shape index (κ3) is 3.57. The van der Waals surface area contributed by atoms with Crippen LogP contribution in [0.25, 0.3) is 0 Å². The second kappa shape index (κ2) is 6.53. The van der Waals surface area contributed by atoms with Crippen LogP contribution in [0.1, 0.15) is 10.5 Å². The van der Waals surface area contributed by atoms with E-state index in [9.17, 15) is 4.79 Å². The van der Waals surface area contributed by atoms with Crippen LogP contribution >= 0.6 is 0 Å². The molecular weight excluding hydrogens is 274 g/mol. The summed E-state index contributed by atoms with van der Waals surface area (Å²) < 4.78 is 10.3. The minimum atomic E-state index is -0.421. The molecule has 0 aliphatic rings. The monoisotopic (exact) mass is 289 g/mol. The van der Waals surface area contributed by atoms with E-state index in [1.807, 2.05) is 0 Å². The Morgan fingerprint density at radius 1 is 1.14 bits per heavy atom. The lowest BCUT2D eigenvalue weighted by molar-refractivity contribution is 0.102. The Kier molecular flexibility index (Phi) is 4.52. The van der Waals surface area contributed by atoms with Crippen molar-refractivity contribution in [3.63, 3.8) is 0 Å². The van der Waals surface area contributed by atoms with Crippen molar-refractivity contribution in [2.24, 2.45) is 5.84 Å². The lowest BCUT2D eigenvalue weighted by Gasteiger charge is -2.09. The Bertz CT molecular complexity index is 625. The fourth-order valence-electron chi connectivity index (χ4n) is 1.62. The molecule has 1 aromatic carbocycles. The molecule has 0 unspecified atom stereocenters. The first-order chi connectivity index (χ1) is 10.2. The Hall–Kier alpha value is -2.87. The zero-order valence-electron chi connectivity index (χ0n) is 11.6. The number of hydrazine groups is 1. The van der Waals surface area contributed by atoms with Gasteiger partial charge in [0.25, 0.3) is 5.91 Å². The molecule has 1 amide bonds. The number of nitrogens with zero attached hydrogens (tertiary/aromatic N) is 2. The first-order valence-electron chi connectivity index (χ1n) is 5.99. The Morgan fingerprint density at radius 2 is 1.81 bits per heavy atom. The smallest absolute Gasteiger partial charge is 0.275 e. The van der Waals surface area contributed by atoms with Gasteiger partial charge in [-0.3, -0.25) is 9.78 Å². The van der Waals surface area contributed by atoms with Crippen LogP contribution in [-0.4, -0.2) is 30.1 Å². The highest BCUT2D eigenvalue weighted by Gasteiger charge is 2.11. The van der Waals surface area contributed by atoms with Crippen LogP contribution in [0.15, 0.2) is 30.6 Å². The Labute approximate surface area is 121 Å². The van der Waals surface area contributed by atoms with E-state index >= 15 is 0 Å². The largest absolute Gasteiger partial charge is 0.497 e. The number of hydrogen-bond acceptors (Lipinski definition) is 7. The normalized spacial score (nSPS) is 9.86. The van der Waals surface area contributed by atoms with Gasteiger partial charge in [-0.2, -0.15) is 0 Å². The van der Waals surface area contributed by atoms with Crippen LogP contribution in [0.2, 0.25) is 0 Å². The minimum absolute atomic E-state index is 0.132. The average Bonchev–Trinajstić information content (AvgIpc) is 2.54. The summed E-state index contributed by atoms with van der Waals surface area (Å²) >= 11 is 0. The molecule has 4 N–H and O–H groups in total. The summed E-state index contributed by atoms with van der Waals surface area (Å²) in [5.41, 5.74) is 2.98. The molecule has 0 saturated carbocycles. The molecule has 0 radical (unpaired) electrons. The molecule has 1 aromatic heterocycles. The second-order valence-electron chi connectivity index (χ2n) is 3.99. The molecule has 21 heavy (non-hydrogen) atoms. The lowest BCUT2D eigenvalue weighted by atomic mass is 10.2. The molecule has 0 fully saturated rings. The maximum Gasteiger partial charge on any atom is 0.275 e. The first kappa shape index (κ1) is 14.5. The molecular formula is C13H15N5O3. The molecule has 0 aliphatic heterocycles. The fourth-order valence-corrected chi connectivity index (χ4v) is 1.62. The summed E-state index contributed by atoms with van der Waals surface area (Å²) in [7, 11) is 3.06. The average molecular weight is 289 g/mol. The van der Waals surface area contributed by atoms with Crippen LogP contribution < -0.4 is 26.1 Å². The summed E-state index contributed by atoms with van der Waals surface area (Å²) in [6, 6.07) is 5.03. The van der Waals surface area contributed by atoms with E-state index < -0.39 is 5.91 Å². The van der Waals surface area contributed by atoms with Gasteiger partial charge in [-0.05, 0) is 0 Å². The van der Waals surface area contributed by atoms with E-state index in [-0.39, 0.29) is 5.69 Å². The van der Waals surface area contributed by atoms with Crippen molar-refractivity contribution in [2.75, 3.05) is 25.0 Å².